The lowest BCUT2D eigenvalue weighted by atomic mass is 10.1. The molecule has 0 unspecified atom stereocenters. The van der Waals surface area contributed by atoms with Crippen LogP contribution in [0.4, 0.5) is 0 Å². The molecule has 0 fully saturated rings. The summed E-state index contributed by atoms with van der Waals surface area (Å²) in [6, 6.07) is 13.2. The number of benzene rings is 1. The number of nitrogens with one attached hydrogen (secondary N) is 1. The average Bonchev–Trinajstić information content (AvgIpc) is 2.88. The highest BCUT2D eigenvalue weighted by Crippen LogP contribution is 2.11. The number of carbonyl (C=O) groups excluding carboxylic acids is 1. The smallest absolute Gasteiger partial charge is 0.224 e. The van der Waals surface area contributed by atoms with Crippen molar-refractivity contribution in [2.24, 2.45) is 0 Å². The first-order valence-electron chi connectivity index (χ1n) is 6.64. The Balaban J connectivity index is 1.63. The van der Waals surface area contributed by atoms with Crippen LogP contribution in [0.1, 0.15) is 11.4 Å². The van der Waals surface area contributed by atoms with Crippen molar-refractivity contribution in [1.29, 1.82) is 0 Å². The number of nitrogens with zero attached hydrogens (tertiary/aromatic N) is 2. The lowest BCUT2D eigenvalue weighted by molar-refractivity contribution is -0.120. The van der Waals surface area contributed by atoms with Gasteiger partial charge in [0.25, 0.3) is 0 Å². The molecule has 2 heterocycles. The van der Waals surface area contributed by atoms with E-state index in [0.717, 1.165) is 16.9 Å². The van der Waals surface area contributed by atoms with Crippen molar-refractivity contribution in [3.63, 3.8) is 0 Å². The second-order valence-corrected chi connectivity index (χ2v) is 5.19. The Morgan fingerprint density at radius 2 is 2.14 bits per heavy atom. The fraction of sp³-hybridized carbons (Fsp3) is 0.125. The highest BCUT2D eigenvalue weighted by Gasteiger charge is 2.07. The first-order valence-corrected chi connectivity index (χ1v) is 7.02. The molecule has 1 amide bonds. The van der Waals surface area contributed by atoms with Gasteiger partial charge in [0, 0.05) is 11.2 Å². The minimum atomic E-state index is -0.0510. The van der Waals surface area contributed by atoms with Crippen molar-refractivity contribution in [1.82, 2.24) is 14.7 Å². The summed E-state index contributed by atoms with van der Waals surface area (Å²) >= 11 is 5.91. The number of imidazole rings is 1. The Hall–Kier alpha value is -2.33. The largest absolute Gasteiger partial charge is 0.349 e. The van der Waals surface area contributed by atoms with Crippen LogP contribution in [-0.2, 0) is 17.8 Å². The van der Waals surface area contributed by atoms with Crippen LogP contribution in [0.2, 0.25) is 5.02 Å². The van der Waals surface area contributed by atoms with Gasteiger partial charge in [-0.05, 0) is 29.8 Å². The van der Waals surface area contributed by atoms with Gasteiger partial charge in [-0.2, -0.15) is 0 Å². The molecule has 0 atom stereocenters. The van der Waals surface area contributed by atoms with E-state index in [-0.39, 0.29) is 5.91 Å². The Kier molecular flexibility index (Phi) is 3.88. The number of hydrogen-bond donors (Lipinski definition) is 1. The van der Waals surface area contributed by atoms with Crippen LogP contribution >= 0.6 is 11.6 Å². The minimum Gasteiger partial charge on any atom is -0.349 e. The van der Waals surface area contributed by atoms with Crippen molar-refractivity contribution >= 4 is 23.0 Å². The second-order valence-electron chi connectivity index (χ2n) is 4.75. The van der Waals surface area contributed by atoms with Gasteiger partial charge >= 0.3 is 0 Å². The van der Waals surface area contributed by atoms with Gasteiger partial charge in [-0.1, -0.05) is 29.8 Å². The number of hydrogen-bond acceptors (Lipinski definition) is 2. The summed E-state index contributed by atoms with van der Waals surface area (Å²) in [5.74, 6) is 0.759. The van der Waals surface area contributed by atoms with Crippen molar-refractivity contribution in [3.8, 4) is 0 Å². The molecule has 1 aromatic carbocycles. The molecule has 21 heavy (non-hydrogen) atoms. The molecule has 2 aromatic heterocycles. The summed E-state index contributed by atoms with van der Waals surface area (Å²) in [6.07, 6.45) is 4.03. The van der Waals surface area contributed by atoms with Gasteiger partial charge in [0.1, 0.15) is 5.82 Å². The first-order chi connectivity index (χ1) is 10.2. The molecule has 4 nitrogen and oxygen atoms in total. The van der Waals surface area contributed by atoms with Crippen LogP contribution in [0, 0.1) is 0 Å². The molecule has 5 heteroatoms. The van der Waals surface area contributed by atoms with Gasteiger partial charge in [0.15, 0.2) is 0 Å². The standard InChI is InChI=1S/C16H14ClN3O/c17-13-5-3-4-12(8-13)9-16(21)19-11-15-18-10-14-6-1-2-7-20(14)15/h1-8,10H,9,11H2,(H,19,21). The third kappa shape index (κ3) is 3.23. The van der Waals surface area contributed by atoms with Crippen LogP contribution in [0.5, 0.6) is 0 Å². The minimum absolute atomic E-state index is 0.0510. The third-order valence-corrected chi connectivity index (χ3v) is 3.45. The van der Waals surface area contributed by atoms with E-state index in [1.807, 2.05) is 40.9 Å². The van der Waals surface area contributed by atoms with E-state index in [0.29, 0.717) is 18.0 Å². The number of amides is 1. The summed E-state index contributed by atoms with van der Waals surface area (Å²) in [7, 11) is 0. The molecule has 0 spiro atoms. The van der Waals surface area contributed by atoms with E-state index in [1.54, 1.807) is 18.3 Å². The molecule has 0 aliphatic heterocycles. The Labute approximate surface area is 127 Å². The number of fused-ring (bicyclic) bond motifs is 1. The topological polar surface area (TPSA) is 46.4 Å². The van der Waals surface area contributed by atoms with Crippen LogP contribution in [0.15, 0.2) is 54.9 Å². The van der Waals surface area contributed by atoms with Crippen molar-refractivity contribution in [3.05, 3.63) is 71.3 Å². The van der Waals surface area contributed by atoms with Gasteiger partial charge in [0.2, 0.25) is 5.91 Å². The monoisotopic (exact) mass is 299 g/mol. The summed E-state index contributed by atoms with van der Waals surface area (Å²) < 4.78 is 1.96. The molecule has 0 aliphatic rings. The second kappa shape index (κ2) is 5.97. The SMILES string of the molecule is O=C(Cc1cccc(Cl)c1)NCc1ncc2ccccn12. The molecule has 3 aromatic rings. The lowest BCUT2D eigenvalue weighted by Gasteiger charge is -2.05. The molecule has 0 bridgehead atoms. The predicted octanol–water partition coefficient (Wildman–Crippen LogP) is 2.85. The number of carbonyl (C=O) groups is 1. The summed E-state index contributed by atoms with van der Waals surface area (Å²) in [6.45, 7) is 0.400. The first kappa shape index (κ1) is 13.6. The molecule has 0 aliphatic carbocycles. The molecule has 0 radical (unpaired) electrons. The molecule has 106 valence electrons. The van der Waals surface area contributed by atoms with E-state index in [2.05, 4.69) is 10.3 Å². The zero-order chi connectivity index (χ0) is 14.7. The number of halogens is 1. The highest BCUT2D eigenvalue weighted by molar-refractivity contribution is 6.30. The maximum absolute atomic E-state index is 12.0. The molecule has 1 N–H and O–H groups in total. The zero-order valence-electron chi connectivity index (χ0n) is 11.3. The maximum atomic E-state index is 12.0. The van der Waals surface area contributed by atoms with Gasteiger partial charge in [-0.25, -0.2) is 4.98 Å². The Bertz CT molecular complexity index is 782. The number of rotatable bonds is 4. The molecular weight excluding hydrogens is 286 g/mol. The highest BCUT2D eigenvalue weighted by atomic mass is 35.5. The summed E-state index contributed by atoms with van der Waals surface area (Å²) in [4.78, 5) is 16.3. The van der Waals surface area contributed by atoms with Crippen LogP contribution in [0.25, 0.3) is 5.52 Å². The van der Waals surface area contributed by atoms with Crippen molar-refractivity contribution in [2.45, 2.75) is 13.0 Å². The van der Waals surface area contributed by atoms with Gasteiger partial charge in [-0.15, -0.1) is 0 Å². The van der Waals surface area contributed by atoms with E-state index in [1.165, 1.54) is 0 Å². The summed E-state index contributed by atoms with van der Waals surface area (Å²) in [5.41, 5.74) is 1.91. The van der Waals surface area contributed by atoms with Gasteiger partial charge in [-0.3, -0.25) is 4.79 Å². The average molecular weight is 300 g/mol. The van der Waals surface area contributed by atoms with Crippen LogP contribution in [-0.4, -0.2) is 15.3 Å². The van der Waals surface area contributed by atoms with Crippen LogP contribution in [0.3, 0.4) is 0 Å². The van der Waals surface area contributed by atoms with E-state index < -0.39 is 0 Å². The van der Waals surface area contributed by atoms with E-state index >= 15 is 0 Å². The van der Waals surface area contributed by atoms with Crippen molar-refractivity contribution < 1.29 is 4.79 Å². The predicted molar refractivity (Wildman–Crippen MR) is 82.2 cm³/mol. The third-order valence-electron chi connectivity index (χ3n) is 3.21. The quantitative estimate of drug-likeness (QED) is 0.805. The Morgan fingerprint density at radius 1 is 1.24 bits per heavy atom. The molecule has 0 saturated heterocycles. The molecule has 0 saturated carbocycles. The van der Waals surface area contributed by atoms with E-state index in [9.17, 15) is 4.79 Å². The number of pyridine rings is 1. The maximum Gasteiger partial charge on any atom is 0.224 e. The van der Waals surface area contributed by atoms with Crippen LogP contribution < -0.4 is 5.32 Å². The summed E-state index contributed by atoms with van der Waals surface area (Å²) in [5, 5.41) is 3.52. The number of aromatic nitrogens is 2. The Morgan fingerprint density at radius 3 is 3.00 bits per heavy atom. The van der Waals surface area contributed by atoms with Gasteiger partial charge < -0.3 is 9.72 Å². The van der Waals surface area contributed by atoms with Crippen molar-refractivity contribution in [2.75, 3.05) is 0 Å². The fourth-order valence-corrected chi connectivity index (χ4v) is 2.42. The zero-order valence-corrected chi connectivity index (χ0v) is 12.0. The van der Waals surface area contributed by atoms with E-state index in [4.69, 9.17) is 11.6 Å². The molecular formula is C16H14ClN3O. The fourth-order valence-electron chi connectivity index (χ4n) is 2.20. The normalized spacial score (nSPS) is 10.7. The lowest BCUT2D eigenvalue weighted by Crippen LogP contribution is -2.25. The molecule has 3 rings (SSSR count). The van der Waals surface area contributed by atoms with Gasteiger partial charge in [0.05, 0.1) is 24.7 Å².